The summed E-state index contributed by atoms with van der Waals surface area (Å²) in [6.07, 6.45) is -0.142. The van der Waals surface area contributed by atoms with Crippen molar-refractivity contribution in [1.29, 1.82) is 0 Å². The summed E-state index contributed by atoms with van der Waals surface area (Å²) in [6, 6.07) is 14.9. The second kappa shape index (κ2) is 8.89. The second-order valence-electron chi connectivity index (χ2n) is 6.52. The Bertz CT molecular complexity index is 957. The zero-order valence-electron chi connectivity index (χ0n) is 16.1. The zero-order valence-corrected chi connectivity index (χ0v) is 16.8. The molecule has 7 heteroatoms. The number of aryl methyl sites for hydroxylation is 1. The van der Waals surface area contributed by atoms with Gasteiger partial charge in [0.05, 0.1) is 11.6 Å². The van der Waals surface area contributed by atoms with Gasteiger partial charge in [0.2, 0.25) is 11.7 Å². The van der Waals surface area contributed by atoms with E-state index in [2.05, 4.69) is 10.1 Å². The van der Waals surface area contributed by atoms with Crippen LogP contribution in [0.4, 0.5) is 0 Å². The van der Waals surface area contributed by atoms with Crippen molar-refractivity contribution in [3.63, 3.8) is 0 Å². The van der Waals surface area contributed by atoms with E-state index in [1.54, 1.807) is 19.2 Å². The number of benzene rings is 2. The molecule has 1 amide bonds. The lowest BCUT2D eigenvalue weighted by Gasteiger charge is -2.23. The predicted molar refractivity (Wildman–Crippen MR) is 107 cm³/mol. The highest BCUT2D eigenvalue weighted by atomic mass is 35.5. The largest absolute Gasteiger partial charge is 0.479 e. The Labute approximate surface area is 169 Å². The lowest BCUT2D eigenvalue weighted by atomic mass is 10.1. The van der Waals surface area contributed by atoms with Gasteiger partial charge in [-0.15, -0.1) is 0 Å². The molecule has 0 N–H and O–H groups in total. The maximum atomic E-state index is 12.8. The van der Waals surface area contributed by atoms with Crippen LogP contribution in [0, 0.1) is 6.92 Å². The molecule has 3 aromatic rings. The molecule has 0 spiro atoms. The maximum absolute atomic E-state index is 12.8. The second-order valence-corrected chi connectivity index (χ2v) is 6.93. The average molecular weight is 400 g/mol. The molecule has 0 saturated heterocycles. The van der Waals surface area contributed by atoms with Crippen LogP contribution in [0.1, 0.15) is 24.8 Å². The molecule has 146 valence electrons. The van der Waals surface area contributed by atoms with Crippen LogP contribution in [0.3, 0.4) is 0 Å². The molecule has 0 aliphatic carbocycles. The number of hydrogen-bond acceptors (Lipinski definition) is 5. The summed E-state index contributed by atoms with van der Waals surface area (Å²) in [5.74, 6) is 1.16. The van der Waals surface area contributed by atoms with Gasteiger partial charge in [-0.05, 0) is 31.5 Å². The Morgan fingerprint density at radius 1 is 1.25 bits per heavy atom. The summed E-state index contributed by atoms with van der Waals surface area (Å²) in [7, 11) is 1.68. The molecule has 28 heavy (non-hydrogen) atoms. The Morgan fingerprint density at radius 2 is 2.04 bits per heavy atom. The third-order valence-electron chi connectivity index (χ3n) is 4.25. The van der Waals surface area contributed by atoms with Gasteiger partial charge in [-0.1, -0.05) is 59.6 Å². The maximum Gasteiger partial charge on any atom is 0.263 e. The molecule has 0 bridgehead atoms. The summed E-state index contributed by atoms with van der Waals surface area (Å²) < 4.78 is 11.1. The van der Waals surface area contributed by atoms with Gasteiger partial charge in [-0.2, -0.15) is 4.98 Å². The Kier molecular flexibility index (Phi) is 6.31. The molecular weight excluding hydrogens is 378 g/mol. The zero-order chi connectivity index (χ0) is 20.1. The van der Waals surface area contributed by atoms with Crippen molar-refractivity contribution in [2.24, 2.45) is 0 Å². The first-order valence-electron chi connectivity index (χ1n) is 9.03. The number of carbonyl (C=O) groups is 1. The van der Waals surface area contributed by atoms with Crippen molar-refractivity contribution < 1.29 is 14.1 Å². The van der Waals surface area contributed by atoms with Crippen LogP contribution in [0.5, 0.6) is 5.75 Å². The Hall–Kier alpha value is -2.86. The number of amides is 1. The van der Waals surface area contributed by atoms with Crippen LogP contribution in [0.25, 0.3) is 11.4 Å². The molecule has 0 aliphatic heterocycles. The van der Waals surface area contributed by atoms with Gasteiger partial charge in [0.15, 0.2) is 6.10 Å². The van der Waals surface area contributed by atoms with Crippen LogP contribution in [0.2, 0.25) is 5.02 Å². The fraction of sp³-hybridized carbons (Fsp3) is 0.286. The highest BCUT2D eigenvalue weighted by Gasteiger charge is 2.24. The normalized spacial score (nSPS) is 11.9. The van der Waals surface area contributed by atoms with Gasteiger partial charge in [-0.3, -0.25) is 4.79 Å². The minimum absolute atomic E-state index is 0.183. The van der Waals surface area contributed by atoms with Crippen LogP contribution in [0.15, 0.2) is 53.1 Å². The summed E-state index contributed by atoms with van der Waals surface area (Å²) >= 11 is 6.13. The first-order chi connectivity index (χ1) is 13.5. The van der Waals surface area contributed by atoms with E-state index in [0.717, 1.165) is 11.1 Å². The molecule has 0 radical (unpaired) electrons. The number of para-hydroxylation sites is 1. The summed E-state index contributed by atoms with van der Waals surface area (Å²) in [5.41, 5.74) is 1.98. The molecule has 1 aromatic heterocycles. The van der Waals surface area contributed by atoms with Gasteiger partial charge in [0, 0.05) is 12.6 Å². The standard InChI is InChI=1S/C21H22ClN3O3/c1-4-17(27-18-11-6-5-10-16(18)22)21(26)25(3)13-19-23-20(24-28-19)15-9-7-8-14(2)12-15/h5-12,17H,4,13H2,1-3H3/t17-/m1/s1. The number of likely N-dealkylation sites (N-methyl/N-ethyl adjacent to an activating group) is 1. The fourth-order valence-corrected chi connectivity index (χ4v) is 2.93. The first-order valence-corrected chi connectivity index (χ1v) is 9.41. The summed E-state index contributed by atoms with van der Waals surface area (Å²) in [4.78, 5) is 18.7. The number of rotatable bonds is 7. The quantitative estimate of drug-likeness (QED) is 0.584. The molecule has 3 rings (SSSR count). The van der Waals surface area contributed by atoms with Crippen LogP contribution < -0.4 is 4.74 Å². The summed E-state index contributed by atoms with van der Waals surface area (Å²) in [6.45, 7) is 4.08. The van der Waals surface area contributed by atoms with Gasteiger partial charge in [0.25, 0.3) is 5.91 Å². The summed E-state index contributed by atoms with van der Waals surface area (Å²) in [5, 5.41) is 4.48. The highest BCUT2D eigenvalue weighted by molar-refractivity contribution is 6.32. The topological polar surface area (TPSA) is 68.5 Å². The molecule has 1 atom stereocenters. The van der Waals surface area contributed by atoms with Crippen LogP contribution in [-0.2, 0) is 11.3 Å². The van der Waals surface area contributed by atoms with E-state index in [0.29, 0.717) is 28.9 Å². The fourth-order valence-electron chi connectivity index (χ4n) is 2.75. The van der Waals surface area contributed by atoms with Crippen molar-refractivity contribution >= 4 is 17.5 Å². The smallest absolute Gasteiger partial charge is 0.263 e. The number of aromatic nitrogens is 2. The number of halogens is 1. The van der Waals surface area contributed by atoms with Crippen molar-refractivity contribution in [3.8, 4) is 17.1 Å². The van der Waals surface area contributed by atoms with E-state index >= 15 is 0 Å². The van der Waals surface area contributed by atoms with Crippen molar-refractivity contribution in [3.05, 3.63) is 65.0 Å². The average Bonchev–Trinajstić information content (AvgIpc) is 3.15. The van der Waals surface area contributed by atoms with Crippen LogP contribution >= 0.6 is 11.6 Å². The minimum atomic E-state index is -0.649. The number of hydrogen-bond donors (Lipinski definition) is 0. The molecule has 1 heterocycles. The van der Waals surface area contributed by atoms with Crippen molar-refractivity contribution in [2.45, 2.75) is 32.9 Å². The van der Waals surface area contributed by atoms with E-state index in [1.165, 1.54) is 4.90 Å². The third kappa shape index (κ3) is 4.70. The molecule has 0 saturated carbocycles. The Morgan fingerprint density at radius 3 is 2.75 bits per heavy atom. The molecular formula is C21H22ClN3O3. The highest BCUT2D eigenvalue weighted by Crippen LogP contribution is 2.25. The molecule has 2 aromatic carbocycles. The van der Waals surface area contributed by atoms with E-state index in [9.17, 15) is 4.79 Å². The monoisotopic (exact) mass is 399 g/mol. The third-order valence-corrected chi connectivity index (χ3v) is 4.56. The van der Waals surface area contributed by atoms with Gasteiger partial charge < -0.3 is 14.2 Å². The van der Waals surface area contributed by atoms with Crippen LogP contribution in [-0.4, -0.2) is 34.1 Å². The van der Waals surface area contributed by atoms with Gasteiger partial charge >= 0.3 is 0 Å². The van der Waals surface area contributed by atoms with Crippen molar-refractivity contribution in [2.75, 3.05) is 7.05 Å². The van der Waals surface area contributed by atoms with Crippen molar-refractivity contribution in [1.82, 2.24) is 15.0 Å². The van der Waals surface area contributed by atoms with Gasteiger partial charge in [0.1, 0.15) is 5.75 Å². The Balaban J connectivity index is 1.67. The van der Waals surface area contributed by atoms with E-state index < -0.39 is 6.10 Å². The lowest BCUT2D eigenvalue weighted by Crippen LogP contribution is -2.39. The number of carbonyl (C=O) groups excluding carboxylic acids is 1. The SMILES string of the molecule is CC[C@@H](Oc1ccccc1Cl)C(=O)N(C)Cc1nc(-c2cccc(C)c2)no1. The molecule has 6 nitrogen and oxygen atoms in total. The molecule has 0 aliphatic rings. The van der Waals surface area contributed by atoms with E-state index in [-0.39, 0.29) is 12.5 Å². The van der Waals surface area contributed by atoms with Gasteiger partial charge in [-0.25, -0.2) is 0 Å². The first kappa shape index (κ1) is 19.9. The van der Waals surface area contributed by atoms with E-state index in [1.807, 2.05) is 50.2 Å². The minimum Gasteiger partial charge on any atom is -0.479 e. The lowest BCUT2D eigenvalue weighted by molar-refractivity contribution is -0.138. The molecule has 0 fully saturated rings. The number of ether oxygens (including phenoxy) is 1. The molecule has 0 unspecified atom stereocenters. The number of nitrogens with zero attached hydrogens (tertiary/aromatic N) is 3. The predicted octanol–water partition coefficient (Wildman–Crippen LogP) is 4.51. The van der Waals surface area contributed by atoms with E-state index in [4.69, 9.17) is 20.9 Å².